The van der Waals surface area contributed by atoms with Crippen LogP contribution in [-0.4, -0.2) is 40.2 Å². The van der Waals surface area contributed by atoms with Crippen LogP contribution in [0.4, 0.5) is 5.13 Å². The number of aromatic nitrogens is 3. The molecule has 0 saturated carbocycles. The minimum atomic E-state index is -0.318. The SMILES string of the molecule is CCOC(=O)c1cccc2nc(N3CCC(n4ccc5c(Cl)c(C)[nH]c5c4=O)CC3)sc12. The Morgan fingerprint density at radius 2 is 2.09 bits per heavy atom. The van der Waals surface area contributed by atoms with E-state index in [9.17, 15) is 9.59 Å². The molecule has 166 valence electrons. The van der Waals surface area contributed by atoms with Crippen LogP contribution in [0.25, 0.3) is 21.1 Å². The summed E-state index contributed by atoms with van der Waals surface area (Å²) in [6, 6.07) is 7.57. The van der Waals surface area contributed by atoms with Crippen LogP contribution in [0, 0.1) is 6.92 Å². The lowest BCUT2D eigenvalue weighted by Crippen LogP contribution is -2.37. The van der Waals surface area contributed by atoms with Crippen molar-refractivity contribution in [2.24, 2.45) is 0 Å². The maximum absolute atomic E-state index is 13.0. The zero-order valence-electron chi connectivity index (χ0n) is 17.9. The summed E-state index contributed by atoms with van der Waals surface area (Å²) in [4.78, 5) is 35.4. The Bertz CT molecular complexity index is 1380. The fourth-order valence-corrected chi connectivity index (χ4v) is 5.69. The number of anilines is 1. The highest BCUT2D eigenvalue weighted by atomic mass is 35.5. The van der Waals surface area contributed by atoms with E-state index in [0.29, 0.717) is 22.7 Å². The van der Waals surface area contributed by atoms with Gasteiger partial charge >= 0.3 is 5.97 Å². The van der Waals surface area contributed by atoms with Crippen LogP contribution in [0.5, 0.6) is 0 Å². The minimum Gasteiger partial charge on any atom is -0.462 e. The Kier molecular flexibility index (Phi) is 5.43. The first-order valence-corrected chi connectivity index (χ1v) is 11.9. The number of hydrogen-bond acceptors (Lipinski definition) is 6. The number of aryl methyl sites for hydroxylation is 1. The van der Waals surface area contributed by atoms with Gasteiger partial charge in [-0.2, -0.15) is 0 Å². The van der Waals surface area contributed by atoms with Crippen molar-refractivity contribution in [1.29, 1.82) is 0 Å². The summed E-state index contributed by atoms with van der Waals surface area (Å²) < 4.78 is 7.86. The molecule has 4 heterocycles. The monoisotopic (exact) mass is 470 g/mol. The van der Waals surface area contributed by atoms with Crippen molar-refractivity contribution in [3.63, 3.8) is 0 Å². The number of esters is 1. The Morgan fingerprint density at radius 1 is 1.31 bits per heavy atom. The van der Waals surface area contributed by atoms with Crippen LogP contribution in [0.2, 0.25) is 5.02 Å². The van der Waals surface area contributed by atoms with Crippen LogP contribution in [0.1, 0.15) is 41.9 Å². The van der Waals surface area contributed by atoms with Crippen LogP contribution < -0.4 is 10.5 Å². The van der Waals surface area contributed by atoms with Gasteiger partial charge in [0.25, 0.3) is 5.56 Å². The normalized spacial score (nSPS) is 15.0. The Labute approximate surface area is 193 Å². The number of carbonyl (C=O) groups is 1. The molecule has 5 rings (SSSR count). The number of aromatic amines is 1. The number of pyridine rings is 1. The van der Waals surface area contributed by atoms with Gasteiger partial charge in [-0.3, -0.25) is 4.79 Å². The molecule has 0 spiro atoms. The Balaban J connectivity index is 1.37. The highest BCUT2D eigenvalue weighted by Gasteiger charge is 2.25. The van der Waals surface area contributed by atoms with Crippen molar-refractivity contribution in [3.8, 4) is 0 Å². The van der Waals surface area contributed by atoms with Crippen molar-refractivity contribution in [3.05, 3.63) is 57.1 Å². The number of rotatable bonds is 4. The van der Waals surface area contributed by atoms with E-state index in [4.69, 9.17) is 21.3 Å². The molecule has 0 bridgehead atoms. The smallest absolute Gasteiger partial charge is 0.339 e. The third-order valence-electron chi connectivity index (χ3n) is 6.03. The number of benzene rings is 1. The second kappa shape index (κ2) is 8.26. The lowest BCUT2D eigenvalue weighted by molar-refractivity contribution is 0.0529. The molecule has 7 nitrogen and oxygen atoms in total. The van der Waals surface area contributed by atoms with E-state index in [1.807, 2.05) is 35.9 Å². The standard InChI is InChI=1S/C23H23ClN4O3S/c1-3-31-22(30)16-5-4-6-17-20(16)32-23(26-17)27-10-7-14(8-11-27)28-12-9-15-18(24)13(2)25-19(15)21(28)29/h4-6,9,12,14,25H,3,7-8,10-11H2,1-2H3. The number of hydrogen-bond donors (Lipinski definition) is 1. The number of nitrogens with zero attached hydrogens (tertiary/aromatic N) is 3. The molecule has 4 aromatic rings. The molecule has 9 heteroatoms. The molecule has 3 aromatic heterocycles. The fourth-order valence-electron chi connectivity index (χ4n) is 4.36. The van der Waals surface area contributed by atoms with Crippen molar-refractivity contribution >= 4 is 55.2 Å². The van der Waals surface area contributed by atoms with Crippen molar-refractivity contribution in [1.82, 2.24) is 14.5 Å². The fraction of sp³-hybridized carbons (Fsp3) is 0.348. The predicted molar refractivity (Wildman–Crippen MR) is 128 cm³/mol. The van der Waals surface area contributed by atoms with E-state index in [2.05, 4.69) is 9.88 Å². The lowest BCUT2D eigenvalue weighted by atomic mass is 10.0. The first-order valence-electron chi connectivity index (χ1n) is 10.7. The zero-order chi connectivity index (χ0) is 22.4. The van der Waals surface area contributed by atoms with Crippen LogP contribution in [0.15, 0.2) is 35.3 Å². The van der Waals surface area contributed by atoms with Crippen LogP contribution >= 0.6 is 22.9 Å². The van der Waals surface area contributed by atoms with Crippen LogP contribution in [0.3, 0.4) is 0 Å². The highest BCUT2D eigenvalue weighted by Crippen LogP contribution is 2.34. The largest absolute Gasteiger partial charge is 0.462 e. The van der Waals surface area contributed by atoms with Gasteiger partial charge in [-0.05, 0) is 44.9 Å². The number of carbonyl (C=O) groups excluding carboxylic acids is 1. The number of fused-ring (bicyclic) bond motifs is 2. The van der Waals surface area contributed by atoms with Crippen molar-refractivity contribution in [2.45, 2.75) is 32.7 Å². The molecule has 1 saturated heterocycles. The van der Waals surface area contributed by atoms with Gasteiger partial charge in [0.2, 0.25) is 0 Å². The topological polar surface area (TPSA) is 80.2 Å². The number of nitrogens with one attached hydrogen (secondary N) is 1. The second-order valence-electron chi connectivity index (χ2n) is 7.97. The third kappa shape index (κ3) is 3.47. The van der Waals surface area contributed by atoms with Gasteiger partial charge in [-0.1, -0.05) is 29.0 Å². The maximum atomic E-state index is 13.0. The number of thiazole rings is 1. The third-order valence-corrected chi connectivity index (χ3v) is 7.68. The number of piperidine rings is 1. The molecule has 1 aromatic carbocycles. The molecule has 0 atom stereocenters. The zero-order valence-corrected chi connectivity index (χ0v) is 19.4. The lowest BCUT2D eigenvalue weighted by Gasteiger charge is -2.32. The quantitative estimate of drug-likeness (QED) is 0.428. The molecule has 0 unspecified atom stereocenters. The minimum absolute atomic E-state index is 0.0324. The average Bonchev–Trinajstić information content (AvgIpc) is 3.36. The van der Waals surface area contributed by atoms with E-state index < -0.39 is 0 Å². The molecule has 1 N–H and O–H groups in total. The van der Waals surface area contributed by atoms with Gasteiger partial charge in [0.15, 0.2) is 5.13 Å². The van der Waals surface area contributed by atoms with Gasteiger partial charge < -0.3 is 19.2 Å². The molecular weight excluding hydrogens is 448 g/mol. The summed E-state index contributed by atoms with van der Waals surface area (Å²) in [5.41, 5.74) is 2.70. The van der Waals surface area contributed by atoms with Crippen molar-refractivity contribution < 1.29 is 9.53 Å². The number of ether oxygens (including phenoxy) is 1. The van der Waals surface area contributed by atoms with E-state index in [1.54, 1.807) is 13.0 Å². The number of halogens is 1. The summed E-state index contributed by atoms with van der Waals surface area (Å²) in [7, 11) is 0. The summed E-state index contributed by atoms with van der Waals surface area (Å²) in [5.74, 6) is -0.318. The van der Waals surface area contributed by atoms with Crippen molar-refractivity contribution in [2.75, 3.05) is 24.6 Å². The molecule has 32 heavy (non-hydrogen) atoms. The Morgan fingerprint density at radius 3 is 2.84 bits per heavy atom. The van der Waals surface area contributed by atoms with Gasteiger partial charge in [0, 0.05) is 36.4 Å². The first-order chi connectivity index (χ1) is 15.5. The molecule has 1 aliphatic rings. The van der Waals surface area contributed by atoms with Gasteiger partial charge in [-0.15, -0.1) is 0 Å². The molecule has 1 fully saturated rings. The maximum Gasteiger partial charge on any atom is 0.339 e. The molecule has 1 aliphatic heterocycles. The van der Waals surface area contributed by atoms with E-state index in [1.165, 1.54) is 11.3 Å². The highest BCUT2D eigenvalue weighted by molar-refractivity contribution is 7.22. The first kappa shape index (κ1) is 21.0. The summed E-state index contributed by atoms with van der Waals surface area (Å²) in [6.45, 7) is 5.58. The molecule has 0 aliphatic carbocycles. The predicted octanol–water partition coefficient (Wildman–Crippen LogP) is 4.92. The van der Waals surface area contributed by atoms with E-state index in [0.717, 1.165) is 52.4 Å². The molecule has 0 radical (unpaired) electrons. The molecule has 0 amide bonds. The summed E-state index contributed by atoms with van der Waals surface area (Å²) >= 11 is 7.82. The Hall–Kier alpha value is -2.84. The molecular formula is C23H23ClN4O3S. The van der Waals surface area contributed by atoms with E-state index >= 15 is 0 Å². The van der Waals surface area contributed by atoms with Crippen LogP contribution in [-0.2, 0) is 4.74 Å². The average molecular weight is 471 g/mol. The second-order valence-corrected chi connectivity index (χ2v) is 9.33. The summed E-state index contributed by atoms with van der Waals surface area (Å²) in [5, 5.41) is 2.27. The van der Waals surface area contributed by atoms with E-state index in [-0.39, 0.29) is 17.6 Å². The van der Waals surface area contributed by atoms with Gasteiger partial charge in [0.1, 0.15) is 5.52 Å². The van der Waals surface area contributed by atoms with Gasteiger partial charge in [0.05, 0.1) is 27.4 Å². The summed E-state index contributed by atoms with van der Waals surface area (Å²) in [6.07, 6.45) is 3.52. The number of H-pyrrole nitrogens is 1. The van der Waals surface area contributed by atoms with Gasteiger partial charge in [-0.25, -0.2) is 9.78 Å².